The van der Waals surface area contributed by atoms with Gasteiger partial charge in [-0.3, -0.25) is 19.2 Å². The van der Waals surface area contributed by atoms with Crippen LogP contribution in [0.15, 0.2) is 60.8 Å². The molecular weight excluding hydrogens is 532 g/mol. The molecule has 3 rings (SSSR count). The van der Waals surface area contributed by atoms with E-state index in [1.165, 1.54) is 6.92 Å². The average molecular weight is 567 g/mol. The lowest BCUT2D eigenvalue weighted by Crippen LogP contribution is -2.60. The Labute approximate surface area is 235 Å². The minimum Gasteiger partial charge on any atom is -0.480 e. The number of carboxylic acids is 1. The topological polar surface area (TPSA) is 230 Å². The fourth-order valence-corrected chi connectivity index (χ4v) is 4.29. The van der Waals surface area contributed by atoms with Crippen molar-refractivity contribution < 1.29 is 34.2 Å². The van der Waals surface area contributed by atoms with E-state index in [-0.39, 0.29) is 12.8 Å². The predicted molar refractivity (Wildman–Crippen MR) is 149 cm³/mol. The van der Waals surface area contributed by atoms with Gasteiger partial charge in [0.15, 0.2) is 0 Å². The molecule has 3 aromatic rings. The molecule has 4 amide bonds. The number of H-pyrrole nitrogens is 1. The summed E-state index contributed by atoms with van der Waals surface area (Å²) < 4.78 is 0. The van der Waals surface area contributed by atoms with Crippen molar-refractivity contribution in [1.82, 2.24) is 20.9 Å². The minimum atomic E-state index is -1.63. The van der Waals surface area contributed by atoms with Crippen molar-refractivity contribution in [1.29, 1.82) is 0 Å². The molecule has 0 aliphatic carbocycles. The largest absolute Gasteiger partial charge is 0.480 e. The molecule has 0 aliphatic heterocycles. The van der Waals surface area contributed by atoms with Crippen molar-refractivity contribution in [3.05, 3.63) is 71.9 Å². The predicted octanol–water partition coefficient (Wildman–Crippen LogP) is -0.924. The monoisotopic (exact) mass is 566 g/mol. The maximum absolute atomic E-state index is 13.3. The number of primary amides is 1. The number of amides is 4. The van der Waals surface area contributed by atoms with Crippen molar-refractivity contribution in [3.63, 3.8) is 0 Å². The summed E-state index contributed by atoms with van der Waals surface area (Å²) in [7, 11) is 0. The number of fused-ring (bicyclic) bond motifs is 1. The molecule has 0 fully saturated rings. The van der Waals surface area contributed by atoms with Crippen molar-refractivity contribution in [2.45, 2.75) is 56.5 Å². The maximum Gasteiger partial charge on any atom is 0.326 e. The van der Waals surface area contributed by atoms with Gasteiger partial charge in [-0.25, -0.2) is 4.79 Å². The first kappa shape index (κ1) is 30.8. The van der Waals surface area contributed by atoms with Crippen molar-refractivity contribution in [3.8, 4) is 0 Å². The molecule has 5 unspecified atom stereocenters. The standard InChI is InChI=1S/C28H34N6O7/c1-15(35)24(34-25(37)19(29)11-16-7-3-2-4-8-16)27(39)32-21(26(38)33-22(28(40)41)13-23(30)36)12-17-14-31-20-10-6-5-9-18(17)20/h2-10,14-15,19,21-22,24,31,35H,11-13,29H2,1H3,(H2,30,36)(H,32,39)(H,33,38)(H,34,37)(H,40,41). The summed E-state index contributed by atoms with van der Waals surface area (Å²) >= 11 is 0. The zero-order chi connectivity index (χ0) is 30.1. The highest BCUT2D eigenvalue weighted by Gasteiger charge is 2.33. The first-order valence-corrected chi connectivity index (χ1v) is 12.9. The number of aliphatic hydroxyl groups excluding tert-OH is 1. The van der Waals surface area contributed by atoms with Crippen LogP contribution < -0.4 is 27.4 Å². The van der Waals surface area contributed by atoms with Crippen LogP contribution in [0.25, 0.3) is 10.9 Å². The van der Waals surface area contributed by atoms with Gasteiger partial charge >= 0.3 is 5.97 Å². The van der Waals surface area contributed by atoms with E-state index in [4.69, 9.17) is 11.5 Å². The third-order valence-corrected chi connectivity index (χ3v) is 6.45. The number of nitrogens with one attached hydrogen (secondary N) is 4. The van der Waals surface area contributed by atoms with E-state index in [1.54, 1.807) is 42.6 Å². The van der Waals surface area contributed by atoms with Crippen LogP contribution in [-0.2, 0) is 36.8 Å². The van der Waals surface area contributed by atoms with Gasteiger partial charge in [0.2, 0.25) is 23.6 Å². The van der Waals surface area contributed by atoms with Gasteiger partial charge in [0.1, 0.15) is 18.1 Å². The molecule has 2 aromatic carbocycles. The summed E-state index contributed by atoms with van der Waals surface area (Å²) in [5, 5.41) is 27.7. The maximum atomic E-state index is 13.3. The Hall–Kier alpha value is -4.75. The van der Waals surface area contributed by atoms with Crippen LogP contribution >= 0.6 is 0 Å². The number of hydrogen-bond acceptors (Lipinski definition) is 7. The second kappa shape index (κ2) is 14.1. The number of carbonyl (C=O) groups excluding carboxylic acids is 4. The number of benzene rings is 2. The Morgan fingerprint density at radius 2 is 1.49 bits per heavy atom. The molecule has 10 N–H and O–H groups in total. The first-order valence-electron chi connectivity index (χ1n) is 12.9. The van der Waals surface area contributed by atoms with Crippen LogP contribution in [0.2, 0.25) is 0 Å². The quantitative estimate of drug-likeness (QED) is 0.121. The van der Waals surface area contributed by atoms with E-state index in [9.17, 15) is 34.2 Å². The fraction of sp³-hybridized carbons (Fsp3) is 0.321. The van der Waals surface area contributed by atoms with Crippen molar-refractivity contribution >= 4 is 40.5 Å². The Morgan fingerprint density at radius 1 is 0.854 bits per heavy atom. The number of rotatable bonds is 14. The minimum absolute atomic E-state index is 0.0848. The number of hydrogen-bond donors (Lipinski definition) is 8. The molecule has 218 valence electrons. The number of aromatic nitrogens is 1. The first-order chi connectivity index (χ1) is 19.5. The van der Waals surface area contributed by atoms with E-state index in [1.807, 2.05) is 18.2 Å². The van der Waals surface area contributed by atoms with Crippen LogP contribution in [0, 0.1) is 0 Å². The number of aliphatic carboxylic acids is 1. The summed E-state index contributed by atoms with van der Waals surface area (Å²) in [5.74, 6) is -4.94. The fourth-order valence-electron chi connectivity index (χ4n) is 4.29. The molecule has 1 aromatic heterocycles. The molecule has 0 aliphatic rings. The third kappa shape index (κ3) is 8.62. The molecule has 0 radical (unpaired) electrons. The lowest BCUT2D eigenvalue weighted by molar-refractivity contribution is -0.143. The molecule has 13 heteroatoms. The van der Waals surface area contributed by atoms with Crippen LogP contribution in [0.1, 0.15) is 24.5 Å². The van der Waals surface area contributed by atoms with Gasteiger partial charge in [-0.2, -0.15) is 0 Å². The smallest absolute Gasteiger partial charge is 0.326 e. The zero-order valence-corrected chi connectivity index (χ0v) is 22.4. The highest BCUT2D eigenvalue weighted by molar-refractivity contribution is 5.95. The van der Waals surface area contributed by atoms with Crippen LogP contribution in [0.5, 0.6) is 0 Å². The van der Waals surface area contributed by atoms with Gasteiger partial charge in [-0.1, -0.05) is 48.5 Å². The molecule has 0 spiro atoms. The number of carbonyl (C=O) groups is 5. The lowest BCUT2D eigenvalue weighted by atomic mass is 10.0. The number of nitrogens with two attached hydrogens (primary N) is 2. The normalized spacial score (nSPS) is 14.7. The molecule has 1 heterocycles. The lowest BCUT2D eigenvalue weighted by Gasteiger charge is -2.26. The molecule has 13 nitrogen and oxygen atoms in total. The Kier molecular flexibility index (Phi) is 10.6. The van der Waals surface area contributed by atoms with Gasteiger partial charge in [-0.15, -0.1) is 0 Å². The molecule has 0 saturated carbocycles. The van der Waals surface area contributed by atoms with Gasteiger partial charge in [-0.05, 0) is 30.5 Å². The van der Waals surface area contributed by atoms with Crippen LogP contribution in [0.3, 0.4) is 0 Å². The van der Waals surface area contributed by atoms with E-state index in [2.05, 4.69) is 20.9 Å². The van der Waals surface area contributed by atoms with E-state index < -0.39 is 66.3 Å². The number of aromatic amines is 1. The zero-order valence-electron chi connectivity index (χ0n) is 22.4. The SMILES string of the molecule is CC(O)C(NC(=O)C(N)Cc1ccccc1)C(=O)NC(Cc1c[nH]c2ccccc12)C(=O)NC(CC(N)=O)C(=O)O. The molecular formula is C28H34N6O7. The summed E-state index contributed by atoms with van der Waals surface area (Å²) in [4.78, 5) is 65.3. The van der Waals surface area contributed by atoms with Gasteiger partial charge in [0.05, 0.1) is 18.6 Å². The summed E-state index contributed by atoms with van der Waals surface area (Å²) in [6.07, 6.45) is -0.297. The Morgan fingerprint density at radius 3 is 2.12 bits per heavy atom. The van der Waals surface area contributed by atoms with Gasteiger partial charge in [0.25, 0.3) is 0 Å². The number of carboxylic acid groups (broad SMARTS) is 1. The molecule has 0 saturated heterocycles. The van der Waals surface area contributed by atoms with E-state index in [0.717, 1.165) is 16.5 Å². The third-order valence-electron chi connectivity index (χ3n) is 6.45. The molecule has 5 atom stereocenters. The average Bonchev–Trinajstić information content (AvgIpc) is 3.33. The number of para-hydroxylation sites is 1. The second-order valence-electron chi connectivity index (χ2n) is 9.72. The van der Waals surface area contributed by atoms with E-state index in [0.29, 0.717) is 5.56 Å². The van der Waals surface area contributed by atoms with E-state index >= 15 is 0 Å². The van der Waals surface area contributed by atoms with Crippen molar-refractivity contribution in [2.75, 3.05) is 0 Å². The number of aliphatic hydroxyl groups is 1. The molecule has 41 heavy (non-hydrogen) atoms. The summed E-state index contributed by atoms with van der Waals surface area (Å²) in [6, 6.07) is 10.7. The second-order valence-corrected chi connectivity index (χ2v) is 9.72. The van der Waals surface area contributed by atoms with Gasteiger partial charge < -0.3 is 42.6 Å². The van der Waals surface area contributed by atoms with Crippen LogP contribution in [-0.4, -0.2) is 75.1 Å². The highest BCUT2D eigenvalue weighted by Crippen LogP contribution is 2.19. The summed E-state index contributed by atoms with van der Waals surface area (Å²) in [5.41, 5.74) is 13.3. The Balaban J connectivity index is 1.81. The molecule has 0 bridgehead atoms. The highest BCUT2D eigenvalue weighted by atomic mass is 16.4. The summed E-state index contributed by atoms with van der Waals surface area (Å²) in [6.45, 7) is 1.29. The Bertz CT molecular complexity index is 1390. The van der Waals surface area contributed by atoms with Crippen LogP contribution in [0.4, 0.5) is 0 Å². The van der Waals surface area contributed by atoms with Crippen molar-refractivity contribution in [2.24, 2.45) is 11.5 Å². The van der Waals surface area contributed by atoms with Gasteiger partial charge in [0, 0.05) is 23.5 Å².